The molecule has 0 saturated heterocycles. The van der Waals surface area contributed by atoms with E-state index in [0.29, 0.717) is 6.54 Å². The van der Waals surface area contributed by atoms with E-state index >= 15 is 0 Å². The highest BCUT2D eigenvalue weighted by molar-refractivity contribution is 7.13. The van der Waals surface area contributed by atoms with Crippen molar-refractivity contribution >= 4 is 16.9 Å². The number of hydrogen-bond donors (Lipinski definition) is 2. The predicted octanol–water partition coefficient (Wildman–Crippen LogP) is 1.06. The van der Waals surface area contributed by atoms with Gasteiger partial charge < -0.3 is 5.32 Å². The Labute approximate surface area is 108 Å². The molecule has 2 aromatic rings. The predicted molar refractivity (Wildman–Crippen MR) is 71.7 cm³/mol. The van der Waals surface area contributed by atoms with Gasteiger partial charge in [0.15, 0.2) is 0 Å². The van der Waals surface area contributed by atoms with Gasteiger partial charge in [-0.3, -0.25) is 4.57 Å². The molecule has 6 heteroatoms. The Bertz CT molecular complexity index is 622. The molecular weight excluding hydrogens is 248 g/mol. The van der Waals surface area contributed by atoms with Gasteiger partial charge in [-0.2, -0.15) is 5.10 Å². The minimum atomic E-state index is -0.161. The van der Waals surface area contributed by atoms with E-state index in [4.69, 9.17) is 0 Å². The van der Waals surface area contributed by atoms with Crippen LogP contribution >= 0.6 is 11.3 Å². The summed E-state index contributed by atoms with van der Waals surface area (Å²) in [7, 11) is 0. The summed E-state index contributed by atoms with van der Waals surface area (Å²) in [6.07, 6.45) is 4.85. The molecule has 1 aliphatic heterocycles. The molecule has 94 valence electrons. The van der Waals surface area contributed by atoms with Gasteiger partial charge in [0.25, 0.3) is 0 Å². The third kappa shape index (κ3) is 2.30. The van der Waals surface area contributed by atoms with E-state index in [-0.39, 0.29) is 5.69 Å². The third-order valence-corrected chi connectivity index (χ3v) is 4.13. The SMILES string of the molecule is O=c1[nH]ncn1Cc1ccc(C2=CCNCC2)s1. The lowest BCUT2D eigenvalue weighted by Gasteiger charge is -2.12. The van der Waals surface area contributed by atoms with Crippen molar-refractivity contribution in [1.82, 2.24) is 20.1 Å². The molecular formula is C12H14N4OS. The molecule has 5 nitrogen and oxygen atoms in total. The maximum absolute atomic E-state index is 11.4. The van der Waals surface area contributed by atoms with E-state index in [2.05, 4.69) is 33.7 Å². The van der Waals surface area contributed by atoms with Crippen molar-refractivity contribution < 1.29 is 0 Å². The summed E-state index contributed by atoms with van der Waals surface area (Å²) in [6.45, 7) is 2.58. The molecule has 0 spiro atoms. The third-order valence-electron chi connectivity index (χ3n) is 2.99. The molecule has 3 rings (SSSR count). The summed E-state index contributed by atoms with van der Waals surface area (Å²) >= 11 is 1.75. The van der Waals surface area contributed by atoms with Crippen molar-refractivity contribution in [3.8, 4) is 0 Å². The first-order valence-electron chi connectivity index (χ1n) is 5.91. The molecule has 0 amide bonds. The second-order valence-electron chi connectivity index (χ2n) is 4.24. The van der Waals surface area contributed by atoms with Crippen molar-refractivity contribution in [3.05, 3.63) is 44.8 Å². The number of hydrogen-bond acceptors (Lipinski definition) is 4. The Morgan fingerprint density at radius 3 is 3.11 bits per heavy atom. The van der Waals surface area contributed by atoms with Crippen LogP contribution < -0.4 is 11.0 Å². The Hall–Kier alpha value is -1.66. The molecule has 2 N–H and O–H groups in total. The monoisotopic (exact) mass is 262 g/mol. The molecule has 2 aromatic heterocycles. The first-order valence-corrected chi connectivity index (χ1v) is 6.73. The van der Waals surface area contributed by atoms with Gasteiger partial charge in [0, 0.05) is 16.3 Å². The summed E-state index contributed by atoms with van der Waals surface area (Å²) < 4.78 is 1.58. The Balaban J connectivity index is 1.79. The molecule has 0 radical (unpaired) electrons. The number of nitrogens with one attached hydrogen (secondary N) is 2. The van der Waals surface area contributed by atoms with Crippen LogP contribution in [0.15, 0.2) is 29.3 Å². The van der Waals surface area contributed by atoms with Crippen molar-refractivity contribution in [2.75, 3.05) is 13.1 Å². The first-order chi connectivity index (χ1) is 8.83. The standard InChI is InChI=1S/C12H14N4OS/c17-12-15-14-8-16(12)7-10-1-2-11(18-10)9-3-5-13-6-4-9/h1-3,8,13H,4-7H2,(H,15,17). The molecule has 0 bridgehead atoms. The van der Waals surface area contributed by atoms with Crippen LogP contribution in [-0.4, -0.2) is 27.9 Å². The molecule has 0 aromatic carbocycles. The summed E-state index contributed by atoms with van der Waals surface area (Å²) in [5.41, 5.74) is 1.25. The van der Waals surface area contributed by atoms with Gasteiger partial charge in [-0.15, -0.1) is 11.3 Å². The number of H-pyrrole nitrogens is 1. The van der Waals surface area contributed by atoms with E-state index in [9.17, 15) is 4.79 Å². The maximum atomic E-state index is 11.4. The zero-order valence-electron chi connectivity index (χ0n) is 9.85. The van der Waals surface area contributed by atoms with E-state index in [1.54, 1.807) is 15.9 Å². The minimum Gasteiger partial charge on any atom is -0.313 e. The van der Waals surface area contributed by atoms with Gasteiger partial charge in [0.2, 0.25) is 0 Å². The Kier molecular flexibility index (Phi) is 3.12. The van der Waals surface area contributed by atoms with Crippen LogP contribution in [0.2, 0.25) is 0 Å². The molecule has 3 heterocycles. The average Bonchev–Trinajstić information content (AvgIpc) is 3.02. The lowest BCUT2D eigenvalue weighted by molar-refractivity contribution is 0.739. The number of rotatable bonds is 3. The van der Waals surface area contributed by atoms with Gasteiger partial charge in [0.1, 0.15) is 6.33 Å². The van der Waals surface area contributed by atoms with E-state index < -0.39 is 0 Å². The van der Waals surface area contributed by atoms with Gasteiger partial charge in [-0.05, 0) is 30.7 Å². The number of nitrogens with zero attached hydrogens (tertiary/aromatic N) is 2. The van der Waals surface area contributed by atoms with Gasteiger partial charge in [-0.25, -0.2) is 9.89 Å². The van der Waals surface area contributed by atoms with Crippen molar-refractivity contribution in [3.63, 3.8) is 0 Å². The highest BCUT2D eigenvalue weighted by atomic mass is 32.1. The lowest BCUT2D eigenvalue weighted by atomic mass is 10.1. The van der Waals surface area contributed by atoms with Crippen LogP contribution in [0.4, 0.5) is 0 Å². The fourth-order valence-corrected chi connectivity index (χ4v) is 3.11. The lowest BCUT2D eigenvalue weighted by Crippen LogP contribution is -2.19. The van der Waals surface area contributed by atoms with E-state index in [0.717, 1.165) is 19.5 Å². The molecule has 0 fully saturated rings. The average molecular weight is 262 g/mol. The molecule has 0 saturated carbocycles. The van der Waals surface area contributed by atoms with Crippen LogP contribution in [-0.2, 0) is 6.54 Å². The van der Waals surface area contributed by atoms with Gasteiger partial charge in [0.05, 0.1) is 6.54 Å². The van der Waals surface area contributed by atoms with Crippen molar-refractivity contribution in [1.29, 1.82) is 0 Å². The van der Waals surface area contributed by atoms with Crippen molar-refractivity contribution in [2.24, 2.45) is 0 Å². The van der Waals surface area contributed by atoms with Crippen LogP contribution in [0.3, 0.4) is 0 Å². The van der Waals surface area contributed by atoms with E-state index in [1.807, 2.05) is 0 Å². The Morgan fingerprint density at radius 1 is 1.44 bits per heavy atom. The second kappa shape index (κ2) is 4.91. The molecule has 1 aliphatic rings. The summed E-state index contributed by atoms with van der Waals surface area (Å²) in [4.78, 5) is 13.8. The van der Waals surface area contributed by atoms with Gasteiger partial charge in [-0.1, -0.05) is 6.08 Å². The van der Waals surface area contributed by atoms with Crippen LogP contribution in [0, 0.1) is 0 Å². The topological polar surface area (TPSA) is 62.7 Å². The molecule has 0 aliphatic carbocycles. The molecule has 0 atom stereocenters. The van der Waals surface area contributed by atoms with Crippen LogP contribution in [0.1, 0.15) is 16.2 Å². The van der Waals surface area contributed by atoms with Gasteiger partial charge >= 0.3 is 5.69 Å². The number of aromatic nitrogens is 3. The number of thiophene rings is 1. The minimum absolute atomic E-state index is 0.161. The normalized spacial score (nSPS) is 15.7. The summed E-state index contributed by atoms with van der Waals surface area (Å²) in [5.74, 6) is 0. The largest absolute Gasteiger partial charge is 0.343 e. The zero-order chi connectivity index (χ0) is 12.4. The first kappa shape index (κ1) is 11.4. The van der Waals surface area contributed by atoms with Crippen LogP contribution in [0.25, 0.3) is 5.57 Å². The second-order valence-corrected chi connectivity index (χ2v) is 5.41. The highest BCUT2D eigenvalue weighted by Crippen LogP contribution is 2.27. The molecule has 18 heavy (non-hydrogen) atoms. The maximum Gasteiger partial charge on any atom is 0.343 e. The zero-order valence-corrected chi connectivity index (χ0v) is 10.7. The Morgan fingerprint density at radius 2 is 2.39 bits per heavy atom. The number of aromatic amines is 1. The van der Waals surface area contributed by atoms with E-state index in [1.165, 1.54) is 21.7 Å². The van der Waals surface area contributed by atoms with Crippen LogP contribution in [0.5, 0.6) is 0 Å². The van der Waals surface area contributed by atoms with Crippen molar-refractivity contribution in [2.45, 2.75) is 13.0 Å². The fraction of sp³-hybridized carbons (Fsp3) is 0.333. The summed E-state index contributed by atoms with van der Waals surface area (Å²) in [5, 5.41) is 9.43. The summed E-state index contributed by atoms with van der Waals surface area (Å²) in [6, 6.07) is 4.23. The molecule has 0 unspecified atom stereocenters. The smallest absolute Gasteiger partial charge is 0.313 e. The fourth-order valence-electron chi connectivity index (χ4n) is 2.03. The quantitative estimate of drug-likeness (QED) is 0.869. The highest BCUT2D eigenvalue weighted by Gasteiger charge is 2.09.